The first-order valence-electron chi connectivity index (χ1n) is 6.01. The highest BCUT2D eigenvalue weighted by molar-refractivity contribution is 7.10. The van der Waals surface area contributed by atoms with E-state index >= 15 is 0 Å². The van der Waals surface area contributed by atoms with Crippen LogP contribution in [0.3, 0.4) is 0 Å². The first-order valence-corrected chi connectivity index (χ1v) is 6.89. The van der Waals surface area contributed by atoms with Crippen LogP contribution in [0, 0.1) is 0 Å². The number of allylic oxidation sites excluding steroid dienone is 1. The van der Waals surface area contributed by atoms with Crippen LogP contribution in [0.4, 0.5) is 4.79 Å². The van der Waals surface area contributed by atoms with E-state index in [0.717, 1.165) is 4.88 Å². The first-order chi connectivity index (χ1) is 9.06. The van der Waals surface area contributed by atoms with Crippen molar-refractivity contribution in [2.75, 3.05) is 13.7 Å². The molecule has 19 heavy (non-hydrogen) atoms. The van der Waals surface area contributed by atoms with Crippen molar-refractivity contribution in [2.24, 2.45) is 0 Å². The van der Waals surface area contributed by atoms with Crippen LogP contribution in [0.25, 0.3) is 0 Å². The molecule has 1 unspecified atom stereocenters. The molecule has 0 fully saturated rings. The summed E-state index contributed by atoms with van der Waals surface area (Å²) in [5.41, 5.74) is 1.12. The lowest BCUT2D eigenvalue weighted by Crippen LogP contribution is -2.46. The van der Waals surface area contributed by atoms with Crippen molar-refractivity contribution in [3.05, 3.63) is 33.7 Å². The lowest BCUT2D eigenvalue weighted by molar-refractivity contribution is -0.139. The van der Waals surface area contributed by atoms with Crippen molar-refractivity contribution in [1.29, 1.82) is 0 Å². The van der Waals surface area contributed by atoms with E-state index in [-0.39, 0.29) is 12.0 Å². The molecule has 102 valence electrons. The van der Waals surface area contributed by atoms with Gasteiger partial charge in [0, 0.05) is 17.6 Å². The Labute approximate surface area is 115 Å². The molecular formula is C13H16N2O3S. The van der Waals surface area contributed by atoms with Crippen LogP contribution in [-0.2, 0) is 9.53 Å². The summed E-state index contributed by atoms with van der Waals surface area (Å²) in [6.07, 6.45) is 0. The molecule has 2 heterocycles. The fourth-order valence-electron chi connectivity index (χ4n) is 1.98. The van der Waals surface area contributed by atoms with Gasteiger partial charge >= 0.3 is 12.0 Å². The molecule has 2 rings (SSSR count). The second kappa shape index (κ2) is 5.44. The number of amides is 2. The molecule has 1 aliphatic heterocycles. The van der Waals surface area contributed by atoms with Crippen LogP contribution >= 0.6 is 11.3 Å². The number of urea groups is 1. The van der Waals surface area contributed by atoms with Crippen molar-refractivity contribution in [1.82, 2.24) is 10.2 Å². The molecule has 2 amide bonds. The molecule has 0 bridgehead atoms. The Morgan fingerprint density at radius 3 is 2.89 bits per heavy atom. The van der Waals surface area contributed by atoms with Crippen LogP contribution < -0.4 is 5.32 Å². The Kier molecular flexibility index (Phi) is 3.90. The Morgan fingerprint density at radius 1 is 1.58 bits per heavy atom. The predicted molar refractivity (Wildman–Crippen MR) is 72.7 cm³/mol. The van der Waals surface area contributed by atoms with Crippen molar-refractivity contribution in [3.8, 4) is 0 Å². The molecule has 5 nitrogen and oxygen atoms in total. The predicted octanol–water partition coefficient (Wildman–Crippen LogP) is 2.28. The van der Waals surface area contributed by atoms with Crippen molar-refractivity contribution < 1.29 is 14.3 Å². The minimum Gasteiger partial charge on any atom is -0.463 e. The van der Waals surface area contributed by atoms with Crippen LogP contribution in [0.2, 0.25) is 0 Å². The first kappa shape index (κ1) is 13.6. The van der Waals surface area contributed by atoms with Crippen LogP contribution in [0.1, 0.15) is 24.8 Å². The molecule has 0 aliphatic carbocycles. The van der Waals surface area contributed by atoms with E-state index in [2.05, 4.69) is 5.32 Å². The molecule has 1 aromatic heterocycles. The van der Waals surface area contributed by atoms with Gasteiger partial charge in [-0.15, -0.1) is 11.3 Å². The van der Waals surface area contributed by atoms with Gasteiger partial charge in [0.2, 0.25) is 0 Å². The summed E-state index contributed by atoms with van der Waals surface area (Å²) in [6.45, 7) is 3.83. The Hall–Kier alpha value is -1.82. The molecule has 0 saturated carbocycles. The monoisotopic (exact) mass is 280 g/mol. The largest absolute Gasteiger partial charge is 0.463 e. The second-order valence-corrected chi connectivity index (χ2v) is 5.16. The average molecular weight is 280 g/mol. The number of nitrogens with one attached hydrogen (secondary N) is 1. The molecule has 0 spiro atoms. The molecular weight excluding hydrogens is 264 g/mol. The number of thiophene rings is 1. The fraction of sp³-hybridized carbons (Fsp3) is 0.385. The number of hydrogen-bond donors (Lipinski definition) is 1. The van der Waals surface area contributed by atoms with Crippen LogP contribution in [0.5, 0.6) is 0 Å². The van der Waals surface area contributed by atoms with Gasteiger partial charge in [0.15, 0.2) is 0 Å². The summed E-state index contributed by atoms with van der Waals surface area (Å²) < 4.78 is 5.09. The number of esters is 1. The number of carbonyl (C=O) groups is 2. The third kappa shape index (κ3) is 2.49. The van der Waals surface area contributed by atoms with Gasteiger partial charge in [-0.25, -0.2) is 9.59 Å². The maximum Gasteiger partial charge on any atom is 0.338 e. The standard InChI is InChI=1S/C13H16N2O3S/c1-4-18-12(16)10-8(2)15(3)13(17)14-11(10)9-6-5-7-19-9/h5-7,11H,4H2,1-3H3,(H,14,17). The van der Waals surface area contributed by atoms with Gasteiger partial charge in [0.1, 0.15) is 0 Å². The number of rotatable bonds is 3. The van der Waals surface area contributed by atoms with Gasteiger partial charge in [-0.3, -0.25) is 0 Å². The summed E-state index contributed by atoms with van der Waals surface area (Å²) in [4.78, 5) is 26.3. The zero-order valence-corrected chi connectivity index (χ0v) is 11.9. The molecule has 1 aromatic rings. The molecule has 1 aliphatic rings. The van der Waals surface area contributed by atoms with Crippen molar-refractivity contribution in [2.45, 2.75) is 19.9 Å². The van der Waals surface area contributed by atoms with Crippen molar-refractivity contribution in [3.63, 3.8) is 0 Å². The van der Waals surface area contributed by atoms with Gasteiger partial charge in [0.25, 0.3) is 0 Å². The van der Waals surface area contributed by atoms with Crippen LogP contribution in [0.15, 0.2) is 28.8 Å². The summed E-state index contributed by atoms with van der Waals surface area (Å²) in [7, 11) is 1.63. The SMILES string of the molecule is CCOC(=O)C1=C(C)N(C)C(=O)NC1c1cccs1. The topological polar surface area (TPSA) is 58.6 Å². The average Bonchev–Trinajstić information content (AvgIpc) is 2.89. The molecule has 0 radical (unpaired) electrons. The molecule has 0 aromatic carbocycles. The molecule has 1 atom stereocenters. The maximum atomic E-state index is 12.1. The maximum absolute atomic E-state index is 12.1. The number of nitrogens with zero attached hydrogens (tertiary/aromatic N) is 1. The summed E-state index contributed by atoms with van der Waals surface area (Å²) in [5.74, 6) is -0.384. The van der Waals surface area contributed by atoms with E-state index in [1.807, 2.05) is 17.5 Å². The van der Waals surface area contributed by atoms with Crippen LogP contribution in [-0.4, -0.2) is 30.6 Å². The van der Waals surface area contributed by atoms with E-state index in [0.29, 0.717) is 17.9 Å². The Morgan fingerprint density at radius 2 is 2.32 bits per heavy atom. The van der Waals surface area contributed by atoms with Gasteiger partial charge in [-0.1, -0.05) is 6.07 Å². The number of carbonyl (C=O) groups excluding carboxylic acids is 2. The third-order valence-corrected chi connectivity index (χ3v) is 4.01. The van der Waals surface area contributed by atoms with E-state index < -0.39 is 6.04 Å². The van der Waals surface area contributed by atoms with Gasteiger partial charge in [0.05, 0.1) is 18.2 Å². The zero-order valence-electron chi connectivity index (χ0n) is 11.1. The summed E-state index contributed by atoms with van der Waals surface area (Å²) in [5, 5.41) is 4.74. The summed E-state index contributed by atoms with van der Waals surface area (Å²) in [6, 6.07) is 3.14. The minimum atomic E-state index is -0.428. The lowest BCUT2D eigenvalue weighted by atomic mass is 10.0. The Bertz CT molecular complexity index is 522. The zero-order chi connectivity index (χ0) is 14.0. The minimum absolute atomic E-state index is 0.219. The smallest absolute Gasteiger partial charge is 0.338 e. The summed E-state index contributed by atoms with van der Waals surface area (Å²) >= 11 is 1.50. The molecule has 1 N–H and O–H groups in total. The van der Waals surface area contributed by atoms with E-state index in [1.165, 1.54) is 16.2 Å². The number of hydrogen-bond acceptors (Lipinski definition) is 4. The molecule has 0 saturated heterocycles. The quantitative estimate of drug-likeness (QED) is 0.864. The van der Waals surface area contributed by atoms with E-state index in [1.54, 1.807) is 20.9 Å². The van der Waals surface area contributed by atoms with E-state index in [9.17, 15) is 9.59 Å². The van der Waals surface area contributed by atoms with Crippen molar-refractivity contribution >= 4 is 23.3 Å². The lowest BCUT2D eigenvalue weighted by Gasteiger charge is -2.32. The highest BCUT2D eigenvalue weighted by Crippen LogP contribution is 2.32. The fourth-order valence-corrected chi connectivity index (χ4v) is 2.76. The second-order valence-electron chi connectivity index (χ2n) is 4.18. The Balaban J connectivity index is 2.45. The van der Waals surface area contributed by atoms with E-state index in [4.69, 9.17) is 4.74 Å². The third-order valence-electron chi connectivity index (χ3n) is 3.08. The highest BCUT2D eigenvalue weighted by Gasteiger charge is 2.35. The normalized spacial score (nSPS) is 19.4. The highest BCUT2D eigenvalue weighted by atomic mass is 32.1. The van der Waals surface area contributed by atoms with Gasteiger partial charge in [-0.05, 0) is 25.3 Å². The van der Waals surface area contributed by atoms with Gasteiger partial charge < -0.3 is 15.0 Å². The number of ether oxygens (including phenoxy) is 1. The molecule has 6 heteroatoms. The van der Waals surface area contributed by atoms with Gasteiger partial charge in [-0.2, -0.15) is 0 Å².